The first-order chi connectivity index (χ1) is 12.1. The van der Waals surface area contributed by atoms with Crippen LogP contribution < -0.4 is 0 Å². The molecule has 0 radical (unpaired) electrons. The molecule has 0 rings (SSSR count). The van der Waals surface area contributed by atoms with Crippen molar-refractivity contribution in [2.45, 2.75) is 125 Å². The summed E-state index contributed by atoms with van der Waals surface area (Å²) >= 11 is 0. The summed E-state index contributed by atoms with van der Waals surface area (Å²) in [7, 11) is 0. The molecule has 0 fully saturated rings. The van der Waals surface area contributed by atoms with Gasteiger partial charge in [0.2, 0.25) is 0 Å². The summed E-state index contributed by atoms with van der Waals surface area (Å²) in [4.78, 5) is 25.0. The Morgan fingerprint density at radius 3 is 1.14 bits per heavy atom. The maximum absolute atomic E-state index is 12.5. The summed E-state index contributed by atoms with van der Waals surface area (Å²) in [5.41, 5.74) is -1.61. The van der Waals surface area contributed by atoms with Gasteiger partial charge in [0.1, 0.15) is 17.6 Å². The molecule has 0 spiro atoms. The van der Waals surface area contributed by atoms with Crippen molar-refractivity contribution in [3.63, 3.8) is 0 Å². The molecule has 162 valence electrons. The van der Waals surface area contributed by atoms with Gasteiger partial charge in [-0.2, -0.15) is 0 Å². The van der Waals surface area contributed by atoms with Crippen LogP contribution in [0.2, 0.25) is 0 Å². The normalized spacial score (nSPS) is 16.4. The Balaban J connectivity index is 0. The molecule has 0 aromatic heterocycles. The number of carbonyl (C=O) groups excluding carboxylic acids is 2. The number of unbranched alkanes of at least 4 members (excludes halogenated alkanes) is 2. The van der Waals surface area contributed by atoms with Crippen molar-refractivity contribution in [3.05, 3.63) is 0 Å². The quantitative estimate of drug-likeness (QED) is 0.252. The van der Waals surface area contributed by atoms with Gasteiger partial charge in [0.05, 0.1) is 0 Å². The van der Waals surface area contributed by atoms with Gasteiger partial charge in [-0.3, -0.25) is 9.59 Å². The van der Waals surface area contributed by atoms with Crippen LogP contribution in [0.15, 0.2) is 0 Å². The number of ether oxygens (including phenoxy) is 2. The average Bonchev–Trinajstić information content (AvgIpc) is 2.48. The summed E-state index contributed by atoms with van der Waals surface area (Å²) in [5.74, 6) is -0.999. The molecule has 4 nitrogen and oxygen atoms in total. The third-order valence-corrected chi connectivity index (χ3v) is 6.15. The molecule has 0 aliphatic heterocycles. The summed E-state index contributed by atoms with van der Waals surface area (Å²) in [6, 6.07) is 0. The first-order valence-corrected chi connectivity index (χ1v) is 10.6. The van der Waals surface area contributed by atoms with E-state index in [9.17, 15) is 9.59 Å². The van der Waals surface area contributed by atoms with Gasteiger partial charge in [0.15, 0.2) is 0 Å². The molecule has 5 heteroatoms. The fourth-order valence-electron chi connectivity index (χ4n) is 2.88. The Morgan fingerprint density at radius 1 is 0.643 bits per heavy atom. The van der Waals surface area contributed by atoms with Gasteiger partial charge in [-0.05, 0) is 39.5 Å². The maximum atomic E-state index is 12.5. The Kier molecular flexibility index (Phi) is 13.7. The van der Waals surface area contributed by atoms with Gasteiger partial charge in [0, 0.05) is 10.8 Å². The molecule has 0 amide bonds. The van der Waals surface area contributed by atoms with Gasteiger partial charge in [-0.25, -0.2) is 0 Å². The molecule has 0 heterocycles. The predicted octanol–water partition coefficient (Wildman–Crippen LogP) is 5.80. The summed E-state index contributed by atoms with van der Waals surface area (Å²) in [5, 5.41) is 0. The van der Waals surface area contributed by atoms with Crippen LogP contribution in [0.25, 0.3) is 0 Å². The Labute approximate surface area is 216 Å². The molecule has 0 saturated carbocycles. The average molecular weight is 425 g/mol. The van der Waals surface area contributed by atoms with E-state index in [0.717, 1.165) is 38.5 Å². The van der Waals surface area contributed by atoms with E-state index in [1.54, 1.807) is 0 Å². The number of carbonyl (C=O) groups is 2. The van der Waals surface area contributed by atoms with E-state index in [4.69, 9.17) is 9.47 Å². The zero-order valence-electron chi connectivity index (χ0n) is 19.6. The van der Waals surface area contributed by atoms with Gasteiger partial charge >= 0.3 is 63.3 Å². The molecule has 2 atom stereocenters. The third-order valence-electron chi connectivity index (χ3n) is 6.15. The Bertz CT molecular complexity index is 446. The second-order valence-electron chi connectivity index (χ2n) is 10.3. The van der Waals surface area contributed by atoms with E-state index in [0.29, 0.717) is 0 Å². The molecule has 0 aliphatic carbocycles. The van der Waals surface area contributed by atoms with Crippen LogP contribution in [-0.2, 0) is 19.1 Å². The van der Waals surface area contributed by atoms with Crippen LogP contribution in [0.1, 0.15) is 114 Å². The predicted molar refractivity (Wildman–Crippen MR) is 119 cm³/mol. The Morgan fingerprint density at radius 2 is 0.929 bits per heavy atom. The summed E-state index contributed by atoms with van der Waals surface area (Å²) in [6.45, 7) is 20.6. The van der Waals surface area contributed by atoms with Crippen LogP contribution in [-0.4, -0.2) is 74.5 Å². The van der Waals surface area contributed by atoms with Gasteiger partial charge in [-0.15, -0.1) is 0 Å². The zero-order valence-corrected chi connectivity index (χ0v) is 19.6. The Hall–Kier alpha value is 0.576. The summed E-state index contributed by atoms with van der Waals surface area (Å²) in [6.07, 6.45) is 5.25. The fourth-order valence-corrected chi connectivity index (χ4v) is 2.88. The van der Waals surface area contributed by atoms with Gasteiger partial charge in [-0.1, -0.05) is 68.2 Å². The fraction of sp³-hybridized carbons (Fsp3) is 0.913. The van der Waals surface area contributed by atoms with Crippen LogP contribution in [0.4, 0.5) is 0 Å². The molecule has 0 bridgehead atoms. The molecule has 0 aliphatic rings. The van der Waals surface area contributed by atoms with Crippen molar-refractivity contribution in [2.75, 3.05) is 0 Å². The van der Waals surface area contributed by atoms with Crippen molar-refractivity contribution in [2.24, 2.45) is 10.8 Å². The van der Waals surface area contributed by atoms with Crippen molar-refractivity contribution >= 4 is 63.3 Å². The second-order valence-corrected chi connectivity index (χ2v) is 10.3. The van der Waals surface area contributed by atoms with Gasteiger partial charge in [0.25, 0.3) is 0 Å². The molecule has 0 saturated heterocycles. The minimum atomic E-state index is -0.601. The molecule has 0 aromatic rings. The topological polar surface area (TPSA) is 52.6 Å². The third kappa shape index (κ3) is 9.59. The van der Waals surface area contributed by atoms with Crippen molar-refractivity contribution in [3.8, 4) is 0 Å². The number of esters is 2. The zero-order chi connectivity index (χ0) is 21.5. The number of hydrogen-bond acceptors (Lipinski definition) is 4. The number of rotatable bonds is 10. The molecule has 0 N–H and O–H groups in total. The van der Waals surface area contributed by atoms with E-state index in [-0.39, 0.29) is 68.6 Å². The van der Waals surface area contributed by atoms with Crippen LogP contribution in [0, 0.1) is 10.8 Å². The first-order valence-electron chi connectivity index (χ1n) is 10.6. The van der Waals surface area contributed by atoms with E-state index >= 15 is 0 Å². The molecular weight excluding hydrogens is 379 g/mol. The van der Waals surface area contributed by atoms with E-state index in [1.807, 2.05) is 13.8 Å². The minimum absolute atomic E-state index is 0. The summed E-state index contributed by atoms with van der Waals surface area (Å²) < 4.78 is 11.6. The van der Waals surface area contributed by atoms with Crippen LogP contribution >= 0.6 is 0 Å². The van der Waals surface area contributed by atoms with Crippen molar-refractivity contribution in [1.29, 1.82) is 0 Å². The van der Waals surface area contributed by atoms with E-state index in [1.165, 1.54) is 0 Å². The van der Waals surface area contributed by atoms with Crippen LogP contribution in [0.3, 0.4) is 0 Å². The van der Waals surface area contributed by atoms with Crippen molar-refractivity contribution < 1.29 is 19.1 Å². The first kappa shape index (κ1) is 30.8. The molecular formula is C23H45KO4. The van der Waals surface area contributed by atoms with Gasteiger partial charge < -0.3 is 9.47 Å². The molecule has 0 aromatic carbocycles. The van der Waals surface area contributed by atoms with Crippen LogP contribution in [0.5, 0.6) is 0 Å². The van der Waals surface area contributed by atoms with Crippen molar-refractivity contribution in [1.82, 2.24) is 0 Å². The molecule has 2 unspecified atom stereocenters. The number of hydrogen-bond donors (Lipinski definition) is 0. The standard InChI is InChI=1S/C23H44O4.K.H/c1-11-13-15-22(9,20(3,4)5)26-18(24)17-19(25)27-23(10,16-14-12-2)21(6,7)8;;/h11-17H2,1-10H3;;. The van der Waals surface area contributed by atoms with E-state index < -0.39 is 23.1 Å². The van der Waals surface area contributed by atoms with E-state index in [2.05, 4.69) is 55.4 Å². The molecule has 28 heavy (non-hydrogen) atoms. The SMILES string of the molecule is CCCCC(C)(OC(=O)CC(=O)OC(C)(CCCC)C(C)(C)C)C(C)(C)C.[KH]. The second kappa shape index (κ2) is 12.4. The monoisotopic (exact) mass is 424 g/mol.